The summed E-state index contributed by atoms with van der Waals surface area (Å²) in [6, 6.07) is 3.70. The topological polar surface area (TPSA) is 9.23 Å². The molecular weight excluding hydrogens is 251 g/mol. The van der Waals surface area contributed by atoms with E-state index in [1.807, 2.05) is 12.1 Å². The highest BCUT2D eigenvalue weighted by Crippen LogP contribution is 2.44. The fourth-order valence-electron chi connectivity index (χ4n) is 2.67. The predicted molar refractivity (Wildman–Crippen MR) is 72.7 cm³/mol. The van der Waals surface area contributed by atoms with Crippen molar-refractivity contribution in [2.45, 2.75) is 50.5 Å². The van der Waals surface area contributed by atoms with E-state index >= 15 is 0 Å². The Balaban J connectivity index is 2.16. The average molecular weight is 271 g/mol. The van der Waals surface area contributed by atoms with Gasteiger partial charge in [-0.25, -0.2) is 4.39 Å². The van der Waals surface area contributed by atoms with Crippen LogP contribution in [0, 0.1) is 19.7 Å². The van der Waals surface area contributed by atoms with Crippen LogP contribution in [-0.2, 0) is 4.74 Å². The first-order valence-electron chi connectivity index (χ1n) is 6.43. The quantitative estimate of drug-likeness (QED) is 0.722. The van der Waals surface area contributed by atoms with E-state index in [4.69, 9.17) is 16.3 Å². The molecule has 1 saturated carbocycles. The van der Waals surface area contributed by atoms with Gasteiger partial charge in [0.2, 0.25) is 0 Å². The largest absolute Gasteiger partial charge is 0.378 e. The van der Waals surface area contributed by atoms with Crippen molar-refractivity contribution in [1.29, 1.82) is 0 Å². The molecule has 100 valence electrons. The minimum atomic E-state index is -0.132. The van der Waals surface area contributed by atoms with Crippen LogP contribution in [0.4, 0.5) is 4.39 Å². The molecule has 0 bridgehead atoms. The van der Waals surface area contributed by atoms with E-state index in [0.717, 1.165) is 24.8 Å². The van der Waals surface area contributed by atoms with Crippen molar-refractivity contribution in [3.63, 3.8) is 0 Å². The van der Waals surface area contributed by atoms with Gasteiger partial charge in [0.05, 0.1) is 11.0 Å². The smallest absolute Gasteiger partial charge is 0.129 e. The van der Waals surface area contributed by atoms with Crippen LogP contribution in [0.15, 0.2) is 12.1 Å². The lowest BCUT2D eigenvalue weighted by atomic mass is 9.76. The third-order valence-corrected chi connectivity index (χ3v) is 4.48. The summed E-state index contributed by atoms with van der Waals surface area (Å²) in [7, 11) is 1.75. The van der Waals surface area contributed by atoms with Crippen molar-refractivity contribution in [2.24, 2.45) is 0 Å². The van der Waals surface area contributed by atoms with E-state index < -0.39 is 0 Å². The Morgan fingerprint density at radius 2 is 1.89 bits per heavy atom. The summed E-state index contributed by atoms with van der Waals surface area (Å²) < 4.78 is 19.2. The zero-order chi connectivity index (χ0) is 13.3. The standard InChI is InChI=1S/C15H20ClFO/c1-10-7-12(8-11(2)14(10)17)13(16)9-15(18-3)5-4-6-15/h7-8,13H,4-6,9H2,1-3H3. The second-order valence-corrected chi connectivity index (χ2v) is 5.91. The lowest BCUT2D eigenvalue weighted by Crippen LogP contribution is -2.39. The SMILES string of the molecule is COC1(CC(Cl)c2cc(C)c(F)c(C)c2)CCC1. The van der Waals surface area contributed by atoms with Gasteiger partial charge in [-0.3, -0.25) is 0 Å². The maximum atomic E-state index is 13.6. The molecule has 1 aromatic carbocycles. The monoisotopic (exact) mass is 270 g/mol. The molecule has 18 heavy (non-hydrogen) atoms. The van der Waals surface area contributed by atoms with Gasteiger partial charge in [-0.2, -0.15) is 0 Å². The molecule has 1 aliphatic carbocycles. The molecule has 0 spiro atoms. The van der Waals surface area contributed by atoms with Gasteiger partial charge >= 0.3 is 0 Å². The van der Waals surface area contributed by atoms with Gasteiger partial charge in [0.15, 0.2) is 0 Å². The van der Waals surface area contributed by atoms with Crippen LogP contribution in [0.5, 0.6) is 0 Å². The number of hydrogen-bond acceptors (Lipinski definition) is 1. The molecule has 0 aliphatic heterocycles. The minimum Gasteiger partial charge on any atom is -0.378 e. The van der Waals surface area contributed by atoms with Gasteiger partial charge in [-0.05, 0) is 56.2 Å². The minimum absolute atomic E-state index is 0.0530. The maximum absolute atomic E-state index is 13.6. The molecular formula is C15H20ClFO. The Hall–Kier alpha value is -0.600. The highest BCUT2D eigenvalue weighted by Gasteiger charge is 2.39. The molecule has 2 rings (SSSR count). The third-order valence-electron chi connectivity index (χ3n) is 4.07. The Bertz CT molecular complexity index is 412. The zero-order valence-electron chi connectivity index (χ0n) is 11.2. The van der Waals surface area contributed by atoms with Crippen molar-refractivity contribution < 1.29 is 9.13 Å². The average Bonchev–Trinajstić information content (AvgIpc) is 2.29. The summed E-state index contributed by atoms with van der Waals surface area (Å²) >= 11 is 6.48. The number of benzene rings is 1. The Morgan fingerprint density at radius 3 is 2.28 bits per heavy atom. The zero-order valence-corrected chi connectivity index (χ0v) is 12.0. The van der Waals surface area contributed by atoms with Gasteiger partial charge in [-0.1, -0.05) is 12.1 Å². The van der Waals surface area contributed by atoms with Crippen molar-refractivity contribution in [3.05, 3.63) is 34.6 Å². The van der Waals surface area contributed by atoms with Gasteiger partial charge in [0, 0.05) is 7.11 Å². The third kappa shape index (κ3) is 2.55. The molecule has 1 unspecified atom stereocenters. The fourth-order valence-corrected chi connectivity index (χ4v) is 3.07. The lowest BCUT2D eigenvalue weighted by Gasteiger charge is -2.41. The second-order valence-electron chi connectivity index (χ2n) is 5.38. The van der Waals surface area contributed by atoms with Crippen molar-refractivity contribution >= 4 is 11.6 Å². The lowest BCUT2D eigenvalue weighted by molar-refractivity contribution is -0.0780. The van der Waals surface area contributed by atoms with E-state index in [2.05, 4.69) is 0 Å². The molecule has 0 aromatic heterocycles. The number of halogens is 2. The number of ether oxygens (including phenoxy) is 1. The van der Waals surface area contributed by atoms with E-state index in [1.54, 1.807) is 21.0 Å². The second kappa shape index (κ2) is 5.18. The Kier molecular flexibility index (Phi) is 3.98. The molecule has 0 saturated heterocycles. The van der Waals surface area contributed by atoms with Crippen LogP contribution < -0.4 is 0 Å². The number of alkyl halides is 1. The number of rotatable bonds is 4. The van der Waals surface area contributed by atoms with Gasteiger partial charge < -0.3 is 4.74 Å². The maximum Gasteiger partial charge on any atom is 0.129 e. The number of aryl methyl sites for hydroxylation is 2. The summed E-state index contributed by atoms with van der Waals surface area (Å²) in [5.74, 6) is -0.132. The highest BCUT2D eigenvalue weighted by atomic mass is 35.5. The summed E-state index contributed by atoms with van der Waals surface area (Å²) in [6.45, 7) is 3.57. The molecule has 1 fully saturated rings. The molecule has 0 N–H and O–H groups in total. The molecule has 0 amide bonds. The van der Waals surface area contributed by atoms with Crippen LogP contribution in [0.25, 0.3) is 0 Å². The van der Waals surface area contributed by atoms with Gasteiger partial charge in [0.25, 0.3) is 0 Å². The van der Waals surface area contributed by atoms with E-state index in [-0.39, 0.29) is 16.8 Å². The normalized spacial score (nSPS) is 19.4. The van der Waals surface area contributed by atoms with Crippen molar-refractivity contribution in [3.8, 4) is 0 Å². The Morgan fingerprint density at radius 1 is 1.33 bits per heavy atom. The summed E-state index contributed by atoms with van der Waals surface area (Å²) in [5.41, 5.74) is 2.27. The number of methoxy groups -OCH3 is 1. The van der Waals surface area contributed by atoms with Crippen LogP contribution >= 0.6 is 11.6 Å². The molecule has 1 aliphatic rings. The molecule has 3 heteroatoms. The first-order valence-corrected chi connectivity index (χ1v) is 6.87. The molecule has 0 heterocycles. The van der Waals surface area contributed by atoms with Crippen LogP contribution in [0.3, 0.4) is 0 Å². The van der Waals surface area contributed by atoms with E-state index in [0.29, 0.717) is 11.1 Å². The van der Waals surface area contributed by atoms with E-state index in [9.17, 15) is 4.39 Å². The van der Waals surface area contributed by atoms with E-state index in [1.165, 1.54) is 6.42 Å². The molecule has 1 nitrogen and oxygen atoms in total. The molecule has 1 aromatic rings. The van der Waals surface area contributed by atoms with Gasteiger partial charge in [-0.15, -0.1) is 11.6 Å². The Labute approximate surface area is 113 Å². The summed E-state index contributed by atoms with van der Waals surface area (Å²) in [4.78, 5) is 0. The first-order chi connectivity index (χ1) is 8.47. The van der Waals surface area contributed by atoms with Gasteiger partial charge in [0.1, 0.15) is 5.82 Å². The highest BCUT2D eigenvalue weighted by molar-refractivity contribution is 6.20. The fraction of sp³-hybridized carbons (Fsp3) is 0.600. The van der Waals surface area contributed by atoms with Crippen molar-refractivity contribution in [1.82, 2.24) is 0 Å². The van der Waals surface area contributed by atoms with Crippen LogP contribution in [-0.4, -0.2) is 12.7 Å². The molecule has 1 atom stereocenters. The van der Waals surface area contributed by atoms with Crippen molar-refractivity contribution in [2.75, 3.05) is 7.11 Å². The molecule has 0 radical (unpaired) electrons. The summed E-state index contributed by atoms with van der Waals surface area (Å²) in [5, 5.41) is -0.108. The first kappa shape index (κ1) is 13.8. The predicted octanol–water partition coefficient (Wildman–Crippen LogP) is 4.68. The van der Waals surface area contributed by atoms with Crippen LogP contribution in [0.2, 0.25) is 0 Å². The number of hydrogen-bond donors (Lipinski definition) is 0. The van der Waals surface area contributed by atoms with Crippen LogP contribution in [0.1, 0.15) is 47.8 Å². The summed E-state index contributed by atoms with van der Waals surface area (Å²) in [6.07, 6.45) is 4.16.